The summed E-state index contributed by atoms with van der Waals surface area (Å²) < 4.78 is 40.3. The van der Waals surface area contributed by atoms with E-state index in [1.54, 1.807) is 0 Å². The Bertz CT molecular complexity index is 812. The second-order valence-corrected chi connectivity index (χ2v) is 7.26. The number of rotatable bonds is 4. The van der Waals surface area contributed by atoms with Crippen molar-refractivity contribution in [2.45, 2.75) is 18.7 Å². The van der Waals surface area contributed by atoms with Gasteiger partial charge in [0, 0.05) is 10.4 Å². The summed E-state index contributed by atoms with van der Waals surface area (Å²) in [6.07, 6.45) is 0. The third kappa shape index (κ3) is 3.06. The quantitative estimate of drug-likeness (QED) is 0.903. The number of thiophene rings is 1. The first-order chi connectivity index (χ1) is 9.72. The molecule has 0 aliphatic carbocycles. The normalized spacial score (nSPS) is 11.4. The van der Waals surface area contributed by atoms with E-state index in [1.165, 1.54) is 32.0 Å². The molecule has 1 heterocycles. The number of hydrogen-bond donors (Lipinski definition) is 2. The number of carboxylic acid groups (broad SMARTS) is 1. The van der Waals surface area contributed by atoms with Gasteiger partial charge in [-0.1, -0.05) is 6.07 Å². The van der Waals surface area contributed by atoms with Crippen molar-refractivity contribution in [1.82, 2.24) is 0 Å². The van der Waals surface area contributed by atoms with E-state index in [1.807, 2.05) is 0 Å². The van der Waals surface area contributed by atoms with E-state index in [9.17, 15) is 17.6 Å². The van der Waals surface area contributed by atoms with Crippen LogP contribution in [0.15, 0.2) is 29.2 Å². The Morgan fingerprint density at radius 1 is 1.33 bits per heavy atom. The molecule has 0 radical (unpaired) electrons. The lowest BCUT2D eigenvalue weighted by molar-refractivity contribution is 0.0702. The van der Waals surface area contributed by atoms with Crippen LogP contribution in [-0.4, -0.2) is 19.5 Å². The molecule has 2 N–H and O–H groups in total. The number of sulfonamides is 1. The minimum absolute atomic E-state index is 0.0659. The first kappa shape index (κ1) is 15.5. The van der Waals surface area contributed by atoms with Crippen molar-refractivity contribution in [1.29, 1.82) is 0 Å². The van der Waals surface area contributed by atoms with Gasteiger partial charge in [0.25, 0.3) is 10.0 Å². The fourth-order valence-corrected chi connectivity index (χ4v) is 4.31. The Morgan fingerprint density at radius 3 is 2.57 bits per heavy atom. The number of carbonyl (C=O) groups is 1. The second kappa shape index (κ2) is 5.45. The van der Waals surface area contributed by atoms with Gasteiger partial charge in [-0.25, -0.2) is 17.6 Å². The zero-order valence-corrected chi connectivity index (χ0v) is 12.8. The lowest BCUT2D eigenvalue weighted by Crippen LogP contribution is -2.14. The summed E-state index contributed by atoms with van der Waals surface area (Å²) >= 11 is 0.874. The van der Waals surface area contributed by atoms with Gasteiger partial charge in [0.2, 0.25) is 0 Å². The van der Waals surface area contributed by atoms with E-state index >= 15 is 0 Å². The van der Waals surface area contributed by atoms with E-state index in [4.69, 9.17) is 5.11 Å². The highest BCUT2D eigenvalue weighted by Gasteiger charge is 2.23. The number of anilines is 1. The largest absolute Gasteiger partial charge is 0.477 e. The molecule has 0 saturated heterocycles. The van der Waals surface area contributed by atoms with Gasteiger partial charge in [0.1, 0.15) is 15.6 Å². The monoisotopic (exact) mass is 329 g/mol. The third-order valence-electron chi connectivity index (χ3n) is 2.88. The average Bonchev–Trinajstić information content (AvgIpc) is 2.78. The van der Waals surface area contributed by atoms with Gasteiger partial charge in [-0.2, -0.15) is 0 Å². The van der Waals surface area contributed by atoms with Crippen LogP contribution in [0.2, 0.25) is 0 Å². The maximum atomic E-state index is 13.4. The van der Waals surface area contributed by atoms with Crippen molar-refractivity contribution in [2.24, 2.45) is 0 Å². The highest BCUT2D eigenvalue weighted by atomic mass is 32.2. The van der Waals surface area contributed by atoms with E-state index in [0.29, 0.717) is 4.88 Å². The number of aryl methyl sites for hydroxylation is 1. The second-order valence-electron chi connectivity index (χ2n) is 4.35. The Morgan fingerprint density at radius 2 is 2.00 bits per heavy atom. The highest BCUT2D eigenvalue weighted by Crippen LogP contribution is 2.28. The predicted molar refractivity (Wildman–Crippen MR) is 78.0 cm³/mol. The van der Waals surface area contributed by atoms with Crippen LogP contribution >= 0.6 is 11.3 Å². The molecule has 0 bridgehead atoms. The molecule has 21 heavy (non-hydrogen) atoms. The Labute approximate surface area is 125 Å². The van der Waals surface area contributed by atoms with Crippen LogP contribution in [0.4, 0.5) is 10.1 Å². The minimum Gasteiger partial charge on any atom is -0.477 e. The van der Waals surface area contributed by atoms with E-state index in [-0.39, 0.29) is 21.0 Å². The van der Waals surface area contributed by atoms with Crippen molar-refractivity contribution < 1.29 is 22.7 Å². The molecule has 8 heteroatoms. The smallest absolute Gasteiger partial charge is 0.345 e. The van der Waals surface area contributed by atoms with Gasteiger partial charge in [0.15, 0.2) is 0 Å². The molecule has 0 unspecified atom stereocenters. The van der Waals surface area contributed by atoms with Crippen LogP contribution < -0.4 is 4.72 Å². The number of benzene rings is 1. The van der Waals surface area contributed by atoms with Crippen LogP contribution in [-0.2, 0) is 10.0 Å². The first-order valence-corrected chi connectivity index (χ1v) is 8.14. The van der Waals surface area contributed by atoms with Gasteiger partial charge < -0.3 is 5.11 Å². The summed E-state index contributed by atoms with van der Waals surface area (Å²) in [7, 11) is -3.97. The number of halogens is 1. The SMILES string of the molecule is Cc1sc(C(=O)O)cc1S(=O)(=O)Nc1cccc(F)c1C. The van der Waals surface area contributed by atoms with Gasteiger partial charge in [-0.15, -0.1) is 11.3 Å². The molecular weight excluding hydrogens is 317 g/mol. The lowest BCUT2D eigenvalue weighted by Gasteiger charge is -2.10. The number of carboxylic acids is 1. The van der Waals surface area contributed by atoms with Crippen molar-refractivity contribution in [3.63, 3.8) is 0 Å². The minimum atomic E-state index is -3.97. The van der Waals surface area contributed by atoms with Crippen LogP contribution in [0.1, 0.15) is 20.1 Å². The number of nitrogens with one attached hydrogen (secondary N) is 1. The molecule has 5 nitrogen and oxygen atoms in total. The third-order valence-corrected chi connectivity index (χ3v) is 5.54. The highest BCUT2D eigenvalue weighted by molar-refractivity contribution is 7.93. The van der Waals surface area contributed by atoms with Crippen molar-refractivity contribution >= 4 is 33.0 Å². The van der Waals surface area contributed by atoms with Crippen LogP contribution in [0.5, 0.6) is 0 Å². The number of aromatic carboxylic acids is 1. The summed E-state index contributed by atoms with van der Waals surface area (Å²) in [6.45, 7) is 2.97. The molecule has 0 saturated carbocycles. The molecule has 0 spiro atoms. The van der Waals surface area contributed by atoms with Crippen molar-refractivity contribution in [3.05, 3.63) is 45.4 Å². The Balaban J connectivity index is 2.43. The molecule has 1 aromatic heterocycles. The fourth-order valence-electron chi connectivity index (χ4n) is 1.76. The standard InChI is InChI=1S/C13H12FNO4S2/c1-7-9(14)4-3-5-10(7)15-21(18,19)12-6-11(13(16)17)20-8(12)2/h3-6,15H,1-2H3,(H,16,17). The van der Waals surface area contributed by atoms with Gasteiger partial charge in [0.05, 0.1) is 5.69 Å². The molecule has 0 fully saturated rings. The molecule has 0 atom stereocenters. The van der Waals surface area contributed by atoms with Crippen molar-refractivity contribution in [2.75, 3.05) is 4.72 Å². The topological polar surface area (TPSA) is 83.5 Å². The summed E-state index contributed by atoms with van der Waals surface area (Å²) in [6, 6.07) is 5.16. The van der Waals surface area contributed by atoms with E-state index in [0.717, 1.165) is 17.4 Å². The zero-order valence-electron chi connectivity index (χ0n) is 11.2. The van der Waals surface area contributed by atoms with Gasteiger partial charge in [-0.3, -0.25) is 4.72 Å². The summed E-state index contributed by atoms with van der Waals surface area (Å²) in [5.74, 6) is -1.71. The lowest BCUT2D eigenvalue weighted by atomic mass is 10.2. The number of hydrogen-bond acceptors (Lipinski definition) is 4. The molecule has 0 aliphatic heterocycles. The molecule has 0 amide bonds. The molecule has 2 aromatic rings. The van der Waals surface area contributed by atoms with Crippen molar-refractivity contribution in [3.8, 4) is 0 Å². The summed E-state index contributed by atoms with van der Waals surface area (Å²) in [5.41, 5.74) is 0.296. The molecule has 0 aliphatic rings. The first-order valence-electron chi connectivity index (χ1n) is 5.84. The molecule has 112 valence electrons. The van der Waals surface area contributed by atoms with Crippen LogP contribution in [0.3, 0.4) is 0 Å². The molecule has 1 aromatic carbocycles. The summed E-state index contributed by atoms with van der Waals surface area (Å²) in [5, 5.41) is 8.90. The maximum Gasteiger partial charge on any atom is 0.345 e. The van der Waals surface area contributed by atoms with Crippen LogP contribution in [0.25, 0.3) is 0 Å². The Kier molecular flexibility index (Phi) is 4.02. The Hall–Kier alpha value is -1.93. The van der Waals surface area contributed by atoms with E-state index < -0.39 is 21.8 Å². The van der Waals surface area contributed by atoms with Gasteiger partial charge >= 0.3 is 5.97 Å². The predicted octanol–water partition coefficient (Wildman–Crippen LogP) is 3.00. The van der Waals surface area contributed by atoms with Gasteiger partial charge in [-0.05, 0) is 32.0 Å². The molecule has 2 rings (SSSR count). The molecular formula is C13H12FNO4S2. The zero-order chi connectivity index (χ0) is 15.8. The van der Waals surface area contributed by atoms with Crippen LogP contribution in [0, 0.1) is 19.7 Å². The fraction of sp³-hybridized carbons (Fsp3) is 0.154. The average molecular weight is 329 g/mol. The summed E-state index contributed by atoms with van der Waals surface area (Å²) in [4.78, 5) is 11.1. The maximum absolute atomic E-state index is 13.4. The van der Waals surface area contributed by atoms with E-state index in [2.05, 4.69) is 4.72 Å².